The van der Waals surface area contributed by atoms with Gasteiger partial charge in [-0.25, -0.2) is 13.3 Å². The zero-order valence-electron chi connectivity index (χ0n) is 21.7. The van der Waals surface area contributed by atoms with Gasteiger partial charge in [0, 0.05) is 20.1 Å². The van der Waals surface area contributed by atoms with Crippen molar-refractivity contribution in [2.45, 2.75) is 70.9 Å². The molecule has 2 fully saturated rings. The van der Waals surface area contributed by atoms with Gasteiger partial charge in [0.05, 0.1) is 23.1 Å². The summed E-state index contributed by atoms with van der Waals surface area (Å²) in [4.78, 5) is 39.1. The summed E-state index contributed by atoms with van der Waals surface area (Å²) in [7, 11) is -4.16. The Morgan fingerprint density at radius 2 is 1.70 bits per heavy atom. The van der Waals surface area contributed by atoms with Gasteiger partial charge < -0.3 is 9.47 Å². The van der Waals surface area contributed by atoms with Crippen LogP contribution < -0.4 is 9.64 Å². The van der Waals surface area contributed by atoms with Crippen molar-refractivity contribution in [1.29, 1.82) is 0 Å². The Morgan fingerprint density at radius 3 is 2.24 bits per heavy atom. The second-order valence-corrected chi connectivity index (χ2v) is 11.5. The van der Waals surface area contributed by atoms with E-state index in [9.17, 15) is 22.8 Å². The first kappa shape index (κ1) is 27.0. The largest absolute Gasteiger partial charge is 0.427 e. The maximum absolute atomic E-state index is 14.2. The number of hydrogen-bond donors (Lipinski definition) is 0. The fourth-order valence-electron chi connectivity index (χ4n) is 5.01. The monoisotopic (exact) mass is 528 g/mol. The quantitative estimate of drug-likeness (QED) is 0.308. The lowest BCUT2D eigenvalue weighted by atomic mass is 10.0. The van der Waals surface area contributed by atoms with Gasteiger partial charge in [0.1, 0.15) is 11.8 Å². The minimum Gasteiger partial charge on any atom is -0.427 e. The van der Waals surface area contributed by atoms with E-state index in [1.165, 1.54) is 35.5 Å². The standard InChI is InChI=1S/C27H32N2O7S/c1-16-13-17(2)19(4)26(18(16)3)37(33,34)28(15-23-7-6-12-35-23)24-14-25(31)29(27(24)32)21-8-10-22(11-9-21)36-20(5)30/h8-11,13,23-24H,6-7,12,14-15H2,1-5H3. The zero-order valence-corrected chi connectivity index (χ0v) is 22.6. The van der Waals surface area contributed by atoms with E-state index in [-0.39, 0.29) is 35.4 Å². The molecule has 0 radical (unpaired) electrons. The Labute approximate surface area is 217 Å². The van der Waals surface area contributed by atoms with Crippen LogP contribution >= 0.6 is 0 Å². The Bertz CT molecular complexity index is 1320. The molecule has 2 atom stereocenters. The Hall–Kier alpha value is -3.08. The Kier molecular flexibility index (Phi) is 7.55. The fourth-order valence-corrected chi connectivity index (χ4v) is 7.20. The summed E-state index contributed by atoms with van der Waals surface area (Å²) in [5.74, 6) is -1.34. The molecule has 2 saturated heterocycles. The van der Waals surface area contributed by atoms with Gasteiger partial charge in [-0.3, -0.25) is 14.4 Å². The van der Waals surface area contributed by atoms with Crippen molar-refractivity contribution >= 4 is 33.5 Å². The normalized spacial score (nSPS) is 20.2. The van der Waals surface area contributed by atoms with E-state index >= 15 is 0 Å². The molecule has 0 bridgehead atoms. The van der Waals surface area contributed by atoms with Gasteiger partial charge in [0.15, 0.2) is 0 Å². The molecule has 2 aromatic carbocycles. The molecule has 2 aromatic rings. The van der Waals surface area contributed by atoms with Crippen molar-refractivity contribution in [3.63, 3.8) is 0 Å². The first-order valence-electron chi connectivity index (χ1n) is 12.3. The van der Waals surface area contributed by atoms with Gasteiger partial charge >= 0.3 is 5.97 Å². The van der Waals surface area contributed by atoms with E-state index in [2.05, 4.69) is 0 Å². The topological polar surface area (TPSA) is 110 Å². The molecule has 2 aliphatic rings. The molecule has 0 aliphatic carbocycles. The Morgan fingerprint density at radius 1 is 1.08 bits per heavy atom. The predicted octanol–water partition coefficient (Wildman–Crippen LogP) is 3.35. The lowest BCUT2D eigenvalue weighted by Crippen LogP contribution is -2.48. The van der Waals surface area contributed by atoms with Crippen molar-refractivity contribution in [2.24, 2.45) is 0 Å². The van der Waals surface area contributed by atoms with Crippen molar-refractivity contribution < 1.29 is 32.3 Å². The number of carbonyl (C=O) groups excluding carboxylic acids is 3. The van der Waals surface area contributed by atoms with Crippen molar-refractivity contribution in [1.82, 2.24) is 4.31 Å². The molecule has 2 amide bonds. The average molecular weight is 529 g/mol. The molecule has 0 saturated carbocycles. The number of hydrogen-bond acceptors (Lipinski definition) is 7. The van der Waals surface area contributed by atoms with Crippen LogP contribution in [0.1, 0.15) is 48.4 Å². The van der Waals surface area contributed by atoms with E-state index in [4.69, 9.17) is 9.47 Å². The minimum absolute atomic E-state index is 0.0167. The minimum atomic E-state index is -4.16. The number of amides is 2. The van der Waals surface area contributed by atoms with E-state index in [0.717, 1.165) is 22.4 Å². The van der Waals surface area contributed by atoms with Gasteiger partial charge in [-0.1, -0.05) is 6.07 Å². The molecule has 2 heterocycles. The number of imide groups is 1. The highest BCUT2D eigenvalue weighted by molar-refractivity contribution is 7.89. The van der Waals surface area contributed by atoms with Gasteiger partial charge in [-0.2, -0.15) is 4.31 Å². The van der Waals surface area contributed by atoms with E-state index in [0.29, 0.717) is 24.2 Å². The second kappa shape index (κ2) is 10.4. The molecule has 2 aliphatic heterocycles. The number of esters is 1. The summed E-state index contributed by atoms with van der Waals surface area (Å²) in [5, 5.41) is 0. The van der Waals surface area contributed by atoms with Gasteiger partial charge in [-0.05, 0) is 87.1 Å². The molecule has 0 spiro atoms. The lowest BCUT2D eigenvalue weighted by Gasteiger charge is -2.30. The number of sulfonamides is 1. The predicted molar refractivity (Wildman–Crippen MR) is 137 cm³/mol. The summed E-state index contributed by atoms with van der Waals surface area (Å²) in [5.41, 5.74) is 3.19. The first-order valence-corrected chi connectivity index (χ1v) is 13.7. The van der Waals surface area contributed by atoms with Crippen LogP contribution in [0.5, 0.6) is 5.75 Å². The number of anilines is 1. The summed E-state index contributed by atoms with van der Waals surface area (Å²) >= 11 is 0. The van der Waals surface area contributed by atoms with Crippen LogP contribution in [0.15, 0.2) is 35.2 Å². The third kappa shape index (κ3) is 5.18. The van der Waals surface area contributed by atoms with E-state index in [1.807, 2.05) is 19.9 Å². The zero-order chi connectivity index (χ0) is 27.1. The third-order valence-corrected chi connectivity index (χ3v) is 9.25. The molecule has 10 heteroatoms. The number of ether oxygens (including phenoxy) is 2. The van der Waals surface area contributed by atoms with Crippen LogP contribution in [0.2, 0.25) is 0 Å². The highest BCUT2D eigenvalue weighted by atomic mass is 32.2. The molecule has 9 nitrogen and oxygen atoms in total. The van der Waals surface area contributed by atoms with E-state index in [1.54, 1.807) is 13.8 Å². The van der Waals surface area contributed by atoms with Crippen LogP contribution in [-0.4, -0.2) is 55.8 Å². The summed E-state index contributed by atoms with van der Waals surface area (Å²) < 4.78 is 40.4. The smallest absolute Gasteiger partial charge is 0.308 e. The van der Waals surface area contributed by atoms with Gasteiger partial charge in [0.2, 0.25) is 15.9 Å². The number of carbonyl (C=O) groups is 3. The number of aryl methyl sites for hydroxylation is 2. The second-order valence-electron chi connectivity index (χ2n) is 9.67. The molecule has 198 valence electrons. The summed E-state index contributed by atoms with van der Waals surface area (Å²) in [6.07, 6.45) is 0.839. The molecule has 4 rings (SSSR count). The molecule has 37 heavy (non-hydrogen) atoms. The van der Waals surface area contributed by atoms with Crippen LogP contribution in [0, 0.1) is 27.7 Å². The van der Waals surface area contributed by atoms with Crippen LogP contribution in [0.25, 0.3) is 0 Å². The van der Waals surface area contributed by atoms with Gasteiger partial charge in [0.25, 0.3) is 5.91 Å². The maximum Gasteiger partial charge on any atom is 0.308 e. The highest BCUT2D eigenvalue weighted by Gasteiger charge is 2.48. The van der Waals surface area contributed by atoms with Crippen LogP contribution in [0.3, 0.4) is 0 Å². The van der Waals surface area contributed by atoms with Crippen LogP contribution in [-0.2, 0) is 29.1 Å². The third-order valence-electron chi connectivity index (χ3n) is 7.10. The van der Waals surface area contributed by atoms with Crippen molar-refractivity contribution in [3.05, 3.63) is 52.6 Å². The maximum atomic E-state index is 14.2. The average Bonchev–Trinajstić information content (AvgIpc) is 3.44. The lowest BCUT2D eigenvalue weighted by molar-refractivity contribution is -0.132. The first-order chi connectivity index (χ1) is 17.4. The highest BCUT2D eigenvalue weighted by Crippen LogP contribution is 2.35. The SMILES string of the molecule is CC(=O)Oc1ccc(N2C(=O)CC(N(CC3CCCO3)S(=O)(=O)c3c(C)c(C)cc(C)c3C)C2=O)cc1. The fraction of sp³-hybridized carbons (Fsp3) is 0.444. The van der Waals surface area contributed by atoms with Crippen molar-refractivity contribution in [2.75, 3.05) is 18.1 Å². The number of benzene rings is 2. The number of rotatable bonds is 7. The van der Waals surface area contributed by atoms with Crippen molar-refractivity contribution in [3.8, 4) is 5.75 Å². The van der Waals surface area contributed by atoms with E-state index < -0.39 is 33.8 Å². The molecule has 2 unspecified atom stereocenters. The molecule has 0 N–H and O–H groups in total. The number of nitrogens with zero attached hydrogens (tertiary/aromatic N) is 2. The summed E-state index contributed by atoms with van der Waals surface area (Å²) in [6, 6.07) is 6.69. The molecule has 0 aromatic heterocycles. The molecular formula is C27H32N2O7S. The van der Waals surface area contributed by atoms with Crippen LogP contribution in [0.4, 0.5) is 5.69 Å². The Balaban J connectivity index is 1.74. The molecular weight excluding hydrogens is 496 g/mol. The van der Waals surface area contributed by atoms with Gasteiger partial charge in [-0.15, -0.1) is 0 Å². The summed E-state index contributed by atoms with van der Waals surface area (Å²) in [6.45, 7) is 9.02.